The Morgan fingerprint density at radius 3 is 2.93 bits per heavy atom. The molecule has 4 rings (SSSR count). The molecular formula is C23H24FNO3. The van der Waals surface area contributed by atoms with Crippen LogP contribution in [0, 0.1) is 12.7 Å². The number of ether oxygens (including phenoxy) is 1. The molecule has 1 aliphatic rings. The van der Waals surface area contributed by atoms with Crippen LogP contribution in [0.4, 0.5) is 4.39 Å². The van der Waals surface area contributed by atoms with Crippen LogP contribution < -0.4 is 0 Å². The Morgan fingerprint density at radius 2 is 2.14 bits per heavy atom. The molecule has 0 aliphatic carbocycles. The molecule has 1 aliphatic heterocycles. The second-order valence-electron chi connectivity index (χ2n) is 7.48. The van der Waals surface area contributed by atoms with E-state index in [1.807, 2.05) is 31.2 Å². The van der Waals surface area contributed by atoms with E-state index in [2.05, 4.69) is 0 Å². The molecule has 1 saturated heterocycles. The number of hydrogen-bond acceptors (Lipinski definition) is 3. The van der Waals surface area contributed by atoms with Crippen molar-refractivity contribution in [3.05, 3.63) is 71.2 Å². The molecule has 1 fully saturated rings. The predicted octanol–water partition coefficient (Wildman–Crippen LogP) is 4.63. The first-order valence-electron chi connectivity index (χ1n) is 9.69. The van der Waals surface area contributed by atoms with Crippen LogP contribution in [-0.4, -0.2) is 30.1 Å². The normalized spacial score (nSPS) is 16.6. The fourth-order valence-electron chi connectivity index (χ4n) is 3.75. The molecule has 0 saturated carbocycles. The zero-order chi connectivity index (χ0) is 19.5. The first kappa shape index (κ1) is 18.7. The molecular weight excluding hydrogens is 357 g/mol. The van der Waals surface area contributed by atoms with E-state index in [1.54, 1.807) is 17.2 Å². The van der Waals surface area contributed by atoms with Crippen LogP contribution in [0.1, 0.15) is 29.5 Å². The van der Waals surface area contributed by atoms with E-state index in [0.717, 1.165) is 47.1 Å². The molecule has 0 N–H and O–H groups in total. The number of nitrogens with zero attached hydrogens (tertiary/aromatic N) is 1. The topological polar surface area (TPSA) is 42.7 Å². The lowest BCUT2D eigenvalue weighted by atomic mass is 10.1. The van der Waals surface area contributed by atoms with Crippen LogP contribution in [0.2, 0.25) is 0 Å². The highest BCUT2D eigenvalue weighted by atomic mass is 19.1. The fourth-order valence-corrected chi connectivity index (χ4v) is 3.75. The molecule has 1 unspecified atom stereocenters. The van der Waals surface area contributed by atoms with Crippen LogP contribution in [0.25, 0.3) is 11.0 Å². The van der Waals surface area contributed by atoms with Crippen LogP contribution in [0.5, 0.6) is 0 Å². The molecule has 3 aromatic rings. The van der Waals surface area contributed by atoms with Crippen molar-refractivity contribution in [1.29, 1.82) is 0 Å². The lowest BCUT2D eigenvalue weighted by Gasteiger charge is -2.25. The van der Waals surface area contributed by atoms with Crippen molar-refractivity contribution in [1.82, 2.24) is 4.90 Å². The number of carbonyl (C=O) groups excluding carboxylic acids is 1. The van der Waals surface area contributed by atoms with E-state index in [-0.39, 0.29) is 24.2 Å². The van der Waals surface area contributed by atoms with Crippen molar-refractivity contribution in [2.75, 3.05) is 13.2 Å². The average molecular weight is 381 g/mol. The van der Waals surface area contributed by atoms with E-state index in [0.29, 0.717) is 13.1 Å². The summed E-state index contributed by atoms with van der Waals surface area (Å²) in [4.78, 5) is 14.9. The second kappa shape index (κ2) is 8.15. The highest BCUT2D eigenvalue weighted by Crippen LogP contribution is 2.24. The zero-order valence-corrected chi connectivity index (χ0v) is 16.0. The molecule has 0 bridgehead atoms. The van der Waals surface area contributed by atoms with Gasteiger partial charge in [-0.2, -0.15) is 0 Å². The van der Waals surface area contributed by atoms with Crippen LogP contribution >= 0.6 is 0 Å². The first-order valence-corrected chi connectivity index (χ1v) is 9.69. The van der Waals surface area contributed by atoms with Gasteiger partial charge < -0.3 is 14.1 Å². The summed E-state index contributed by atoms with van der Waals surface area (Å²) in [6.07, 6.45) is 3.91. The summed E-state index contributed by atoms with van der Waals surface area (Å²) in [6, 6.07) is 12.4. The maximum Gasteiger partial charge on any atom is 0.227 e. The minimum absolute atomic E-state index is 0.0111. The van der Waals surface area contributed by atoms with Crippen molar-refractivity contribution < 1.29 is 18.3 Å². The number of carbonyl (C=O) groups is 1. The Morgan fingerprint density at radius 1 is 1.25 bits per heavy atom. The van der Waals surface area contributed by atoms with Gasteiger partial charge in [0.1, 0.15) is 11.4 Å². The Kier molecular flexibility index (Phi) is 5.44. The molecule has 1 atom stereocenters. The van der Waals surface area contributed by atoms with Gasteiger partial charge in [-0.15, -0.1) is 0 Å². The lowest BCUT2D eigenvalue weighted by Crippen LogP contribution is -2.37. The Bertz CT molecular complexity index is 975. The van der Waals surface area contributed by atoms with Crippen molar-refractivity contribution >= 4 is 16.9 Å². The third-order valence-electron chi connectivity index (χ3n) is 5.22. The third kappa shape index (κ3) is 4.25. The minimum atomic E-state index is -0.293. The Balaban J connectivity index is 1.54. The molecule has 146 valence electrons. The first-order chi connectivity index (χ1) is 13.6. The Hall–Kier alpha value is -2.66. The highest BCUT2D eigenvalue weighted by molar-refractivity contribution is 5.88. The number of benzene rings is 2. The molecule has 0 spiro atoms. The number of rotatable bonds is 6. The molecule has 2 heterocycles. The van der Waals surface area contributed by atoms with Gasteiger partial charge in [-0.05, 0) is 49.1 Å². The number of fused-ring (bicyclic) bond motifs is 1. The highest BCUT2D eigenvalue weighted by Gasteiger charge is 2.24. The van der Waals surface area contributed by atoms with Gasteiger partial charge in [0.05, 0.1) is 18.8 Å². The van der Waals surface area contributed by atoms with E-state index in [4.69, 9.17) is 9.15 Å². The third-order valence-corrected chi connectivity index (χ3v) is 5.22. The largest absolute Gasteiger partial charge is 0.464 e. The van der Waals surface area contributed by atoms with Crippen molar-refractivity contribution in [3.63, 3.8) is 0 Å². The van der Waals surface area contributed by atoms with E-state index in [9.17, 15) is 9.18 Å². The van der Waals surface area contributed by atoms with Gasteiger partial charge in [0.15, 0.2) is 0 Å². The number of hydrogen-bond donors (Lipinski definition) is 0. The molecule has 5 heteroatoms. The maximum atomic E-state index is 13.6. The van der Waals surface area contributed by atoms with Crippen LogP contribution in [0.3, 0.4) is 0 Å². The standard InChI is InChI=1S/C23H24FNO3/c1-16-7-8-21-18(15-28-22(21)10-16)12-23(26)25(14-20-6-3-9-27-20)13-17-4-2-5-19(24)11-17/h2,4-5,7-8,10-11,15,20H,3,6,9,12-14H2,1H3. The SMILES string of the molecule is Cc1ccc2c(CC(=O)N(Cc3cccc(F)c3)CC3CCCO3)coc2c1. The van der Waals surface area contributed by atoms with Crippen molar-refractivity contribution in [2.24, 2.45) is 0 Å². The number of amides is 1. The number of aryl methyl sites for hydroxylation is 1. The van der Waals surface area contributed by atoms with Crippen molar-refractivity contribution in [2.45, 2.75) is 38.8 Å². The summed E-state index contributed by atoms with van der Waals surface area (Å²) in [6.45, 7) is 3.63. The molecule has 1 aromatic heterocycles. The molecule has 2 aromatic carbocycles. The summed E-state index contributed by atoms with van der Waals surface area (Å²) in [5.74, 6) is -0.304. The van der Waals surface area contributed by atoms with Crippen LogP contribution in [-0.2, 0) is 22.5 Å². The zero-order valence-electron chi connectivity index (χ0n) is 16.0. The van der Waals surface area contributed by atoms with E-state index >= 15 is 0 Å². The molecule has 4 nitrogen and oxygen atoms in total. The predicted molar refractivity (Wildman–Crippen MR) is 105 cm³/mol. The summed E-state index contributed by atoms with van der Waals surface area (Å²) in [5, 5.41) is 0.960. The Labute approximate surface area is 163 Å². The molecule has 1 amide bonds. The summed E-state index contributed by atoms with van der Waals surface area (Å²) in [5.41, 5.74) is 3.56. The smallest absolute Gasteiger partial charge is 0.227 e. The van der Waals surface area contributed by atoms with Gasteiger partial charge >= 0.3 is 0 Å². The number of halogens is 1. The minimum Gasteiger partial charge on any atom is -0.464 e. The maximum absolute atomic E-state index is 13.6. The molecule has 28 heavy (non-hydrogen) atoms. The molecule has 0 radical (unpaired) electrons. The van der Waals surface area contributed by atoms with E-state index in [1.165, 1.54) is 12.1 Å². The quantitative estimate of drug-likeness (QED) is 0.625. The number of furan rings is 1. The van der Waals surface area contributed by atoms with Crippen LogP contribution in [0.15, 0.2) is 53.1 Å². The summed E-state index contributed by atoms with van der Waals surface area (Å²) < 4.78 is 25.0. The van der Waals surface area contributed by atoms with Gasteiger partial charge in [-0.25, -0.2) is 4.39 Å². The van der Waals surface area contributed by atoms with E-state index < -0.39 is 0 Å². The lowest BCUT2D eigenvalue weighted by molar-refractivity contribution is -0.132. The monoisotopic (exact) mass is 381 g/mol. The fraction of sp³-hybridized carbons (Fsp3) is 0.348. The van der Waals surface area contributed by atoms with Gasteiger partial charge in [0.25, 0.3) is 0 Å². The van der Waals surface area contributed by atoms with Gasteiger partial charge in [-0.1, -0.05) is 24.3 Å². The summed E-state index contributed by atoms with van der Waals surface area (Å²) >= 11 is 0. The summed E-state index contributed by atoms with van der Waals surface area (Å²) in [7, 11) is 0. The average Bonchev–Trinajstić information content (AvgIpc) is 3.31. The van der Waals surface area contributed by atoms with Gasteiger partial charge in [0.2, 0.25) is 5.91 Å². The van der Waals surface area contributed by atoms with Gasteiger partial charge in [-0.3, -0.25) is 4.79 Å². The van der Waals surface area contributed by atoms with Gasteiger partial charge in [0, 0.05) is 30.6 Å². The second-order valence-corrected chi connectivity index (χ2v) is 7.48. The van der Waals surface area contributed by atoms with Crippen molar-refractivity contribution in [3.8, 4) is 0 Å².